The van der Waals surface area contributed by atoms with E-state index in [0.29, 0.717) is 23.7 Å². The number of nitrogens with one attached hydrogen (secondary N) is 1. The Morgan fingerprint density at radius 1 is 1.58 bits per heavy atom. The van der Waals surface area contributed by atoms with Gasteiger partial charge in [0.15, 0.2) is 0 Å². The fourth-order valence-corrected chi connectivity index (χ4v) is 2.58. The fraction of sp³-hybridized carbons (Fsp3) is 0.667. The van der Waals surface area contributed by atoms with Gasteiger partial charge in [-0.2, -0.15) is 4.98 Å². The molecule has 1 fully saturated rings. The van der Waals surface area contributed by atoms with Crippen LogP contribution in [0.1, 0.15) is 26.7 Å². The van der Waals surface area contributed by atoms with Crippen molar-refractivity contribution < 1.29 is 4.92 Å². The standard InChI is InChI=1S/C12H19N5O2/c1-8(2)9-5-4-6-16(9)11-10(17(18)19)7-14-12(13-3)15-11/h7-9H,4-6H2,1-3H3,(H,13,14,15). The van der Waals surface area contributed by atoms with Crippen LogP contribution in [0.15, 0.2) is 6.20 Å². The van der Waals surface area contributed by atoms with E-state index in [2.05, 4.69) is 29.1 Å². The lowest BCUT2D eigenvalue weighted by Gasteiger charge is -2.28. The summed E-state index contributed by atoms with van der Waals surface area (Å²) in [5.41, 5.74) is -0.0217. The lowest BCUT2D eigenvalue weighted by molar-refractivity contribution is -0.384. The van der Waals surface area contributed by atoms with E-state index in [1.54, 1.807) is 7.05 Å². The van der Waals surface area contributed by atoms with Gasteiger partial charge in [0.1, 0.15) is 6.20 Å². The van der Waals surface area contributed by atoms with Crippen molar-refractivity contribution in [3.8, 4) is 0 Å². The lowest BCUT2D eigenvalue weighted by atomic mass is 10.0. The Hall–Kier alpha value is -1.92. The first-order valence-electron chi connectivity index (χ1n) is 6.50. The zero-order valence-electron chi connectivity index (χ0n) is 11.5. The summed E-state index contributed by atoms with van der Waals surface area (Å²) in [6.07, 6.45) is 3.37. The van der Waals surface area contributed by atoms with E-state index < -0.39 is 4.92 Å². The molecule has 7 nitrogen and oxygen atoms in total. The van der Waals surface area contributed by atoms with Crippen LogP contribution in [0.4, 0.5) is 17.5 Å². The summed E-state index contributed by atoms with van der Waals surface area (Å²) < 4.78 is 0. The molecule has 19 heavy (non-hydrogen) atoms. The third-order valence-electron chi connectivity index (χ3n) is 3.51. The second-order valence-corrected chi connectivity index (χ2v) is 5.06. The van der Waals surface area contributed by atoms with Crippen molar-refractivity contribution in [2.24, 2.45) is 5.92 Å². The highest BCUT2D eigenvalue weighted by molar-refractivity contribution is 5.60. The molecule has 2 rings (SSSR count). The van der Waals surface area contributed by atoms with Crippen molar-refractivity contribution in [2.75, 3.05) is 23.8 Å². The molecule has 1 aromatic heterocycles. The van der Waals surface area contributed by atoms with Crippen molar-refractivity contribution in [3.05, 3.63) is 16.3 Å². The van der Waals surface area contributed by atoms with Gasteiger partial charge in [-0.05, 0) is 18.8 Å². The van der Waals surface area contributed by atoms with Crippen LogP contribution in [0, 0.1) is 16.0 Å². The van der Waals surface area contributed by atoms with Crippen LogP contribution in [-0.2, 0) is 0 Å². The number of rotatable bonds is 4. The Kier molecular flexibility index (Phi) is 3.82. The van der Waals surface area contributed by atoms with Gasteiger partial charge in [-0.15, -0.1) is 0 Å². The van der Waals surface area contributed by atoms with Crippen molar-refractivity contribution in [1.29, 1.82) is 0 Å². The van der Waals surface area contributed by atoms with Gasteiger partial charge < -0.3 is 10.2 Å². The maximum Gasteiger partial charge on any atom is 0.329 e. The molecule has 0 saturated carbocycles. The highest BCUT2D eigenvalue weighted by Gasteiger charge is 2.33. The van der Waals surface area contributed by atoms with Gasteiger partial charge in [0, 0.05) is 19.6 Å². The molecule has 0 bridgehead atoms. The minimum Gasteiger partial charge on any atom is -0.357 e. The van der Waals surface area contributed by atoms with Crippen LogP contribution in [-0.4, -0.2) is 34.5 Å². The molecule has 0 aromatic carbocycles. The lowest BCUT2D eigenvalue weighted by Crippen LogP contribution is -2.34. The van der Waals surface area contributed by atoms with Crippen molar-refractivity contribution >= 4 is 17.5 Å². The minimum atomic E-state index is -0.412. The number of nitrogens with zero attached hydrogens (tertiary/aromatic N) is 4. The van der Waals surface area contributed by atoms with E-state index in [-0.39, 0.29) is 5.69 Å². The predicted molar refractivity (Wildman–Crippen MR) is 73.4 cm³/mol. The molecule has 1 atom stereocenters. The van der Waals surface area contributed by atoms with Gasteiger partial charge in [-0.25, -0.2) is 4.98 Å². The first kappa shape index (κ1) is 13.5. The van der Waals surface area contributed by atoms with E-state index in [1.165, 1.54) is 6.20 Å². The Bertz CT molecular complexity index is 477. The second kappa shape index (κ2) is 5.38. The van der Waals surface area contributed by atoms with Crippen LogP contribution in [0.2, 0.25) is 0 Å². The summed E-state index contributed by atoms with van der Waals surface area (Å²) >= 11 is 0. The SMILES string of the molecule is CNc1ncc([N+](=O)[O-])c(N2CCCC2C(C)C)n1. The molecule has 0 aliphatic carbocycles. The molecule has 1 N–H and O–H groups in total. The molecule has 104 valence electrons. The van der Waals surface area contributed by atoms with Gasteiger partial charge in [0.2, 0.25) is 11.8 Å². The molecule has 7 heteroatoms. The molecule has 1 aliphatic heterocycles. The quantitative estimate of drug-likeness (QED) is 0.662. The molecular weight excluding hydrogens is 246 g/mol. The molecule has 0 radical (unpaired) electrons. The van der Waals surface area contributed by atoms with Gasteiger partial charge >= 0.3 is 5.69 Å². The van der Waals surface area contributed by atoms with E-state index in [0.717, 1.165) is 19.4 Å². The Labute approximate surface area is 112 Å². The zero-order valence-corrected chi connectivity index (χ0v) is 11.5. The highest BCUT2D eigenvalue weighted by atomic mass is 16.6. The fourth-order valence-electron chi connectivity index (χ4n) is 2.58. The molecule has 1 aliphatic rings. The van der Waals surface area contributed by atoms with Gasteiger partial charge in [-0.1, -0.05) is 13.8 Å². The van der Waals surface area contributed by atoms with E-state index in [9.17, 15) is 10.1 Å². The maximum absolute atomic E-state index is 11.1. The second-order valence-electron chi connectivity index (χ2n) is 5.06. The Morgan fingerprint density at radius 2 is 2.32 bits per heavy atom. The summed E-state index contributed by atoms with van der Waals surface area (Å²) in [4.78, 5) is 21.0. The number of anilines is 2. The third-order valence-corrected chi connectivity index (χ3v) is 3.51. The van der Waals surface area contributed by atoms with E-state index >= 15 is 0 Å². The first-order valence-corrected chi connectivity index (χ1v) is 6.50. The van der Waals surface area contributed by atoms with Crippen LogP contribution in [0.25, 0.3) is 0 Å². The van der Waals surface area contributed by atoms with Crippen LogP contribution >= 0.6 is 0 Å². The number of aromatic nitrogens is 2. The van der Waals surface area contributed by atoms with E-state index in [4.69, 9.17) is 0 Å². The number of nitro groups is 1. The van der Waals surface area contributed by atoms with Crippen molar-refractivity contribution in [3.63, 3.8) is 0 Å². The monoisotopic (exact) mass is 265 g/mol. The van der Waals surface area contributed by atoms with Crippen molar-refractivity contribution in [1.82, 2.24) is 9.97 Å². The summed E-state index contributed by atoms with van der Waals surface area (Å²) in [5.74, 6) is 1.28. The zero-order chi connectivity index (χ0) is 14.0. The highest BCUT2D eigenvalue weighted by Crippen LogP contribution is 2.34. The minimum absolute atomic E-state index is 0.0217. The van der Waals surface area contributed by atoms with Gasteiger partial charge in [0.05, 0.1) is 4.92 Å². The van der Waals surface area contributed by atoms with Gasteiger partial charge in [-0.3, -0.25) is 10.1 Å². The molecular formula is C12H19N5O2. The molecule has 0 spiro atoms. The molecule has 2 heterocycles. The maximum atomic E-state index is 11.1. The van der Waals surface area contributed by atoms with Crippen LogP contribution in [0.5, 0.6) is 0 Å². The summed E-state index contributed by atoms with van der Waals surface area (Å²) in [5, 5.41) is 14.0. The normalized spacial score (nSPS) is 18.9. The Balaban J connectivity index is 2.43. The first-order chi connectivity index (χ1) is 9.04. The molecule has 1 aromatic rings. The number of hydrogen-bond acceptors (Lipinski definition) is 6. The molecule has 1 saturated heterocycles. The molecule has 0 amide bonds. The summed E-state index contributed by atoms with van der Waals surface area (Å²) in [6, 6.07) is 0.304. The third kappa shape index (κ3) is 2.59. The molecule has 1 unspecified atom stereocenters. The average molecular weight is 265 g/mol. The summed E-state index contributed by atoms with van der Waals surface area (Å²) in [6.45, 7) is 5.08. The van der Waals surface area contributed by atoms with Crippen LogP contribution in [0.3, 0.4) is 0 Å². The van der Waals surface area contributed by atoms with Gasteiger partial charge in [0.25, 0.3) is 0 Å². The topological polar surface area (TPSA) is 84.2 Å². The smallest absolute Gasteiger partial charge is 0.329 e. The number of hydrogen-bond donors (Lipinski definition) is 1. The summed E-state index contributed by atoms with van der Waals surface area (Å²) in [7, 11) is 1.70. The average Bonchev–Trinajstić information content (AvgIpc) is 2.87. The predicted octanol–water partition coefficient (Wildman–Crippen LogP) is 2.05. The Morgan fingerprint density at radius 3 is 2.89 bits per heavy atom. The van der Waals surface area contributed by atoms with Crippen molar-refractivity contribution in [2.45, 2.75) is 32.7 Å². The largest absolute Gasteiger partial charge is 0.357 e. The van der Waals surface area contributed by atoms with E-state index in [1.807, 2.05) is 4.90 Å². The van der Waals surface area contributed by atoms with Crippen LogP contribution < -0.4 is 10.2 Å².